The number of halogens is 2. The fourth-order valence-electron chi connectivity index (χ4n) is 5.27. The molecule has 4 heterocycles. The van der Waals surface area contributed by atoms with Crippen LogP contribution in [0, 0.1) is 0 Å². The van der Waals surface area contributed by atoms with Crippen LogP contribution in [0.5, 0.6) is 0 Å². The zero-order chi connectivity index (χ0) is 27.1. The summed E-state index contributed by atoms with van der Waals surface area (Å²) in [4.78, 5) is 24.3. The summed E-state index contributed by atoms with van der Waals surface area (Å²) in [5.41, 5.74) is 4.74. The molecule has 1 unspecified atom stereocenters. The maximum absolute atomic E-state index is 13.2. The van der Waals surface area contributed by atoms with E-state index in [1.54, 1.807) is 17.1 Å². The first-order valence-electron chi connectivity index (χ1n) is 12.9. The summed E-state index contributed by atoms with van der Waals surface area (Å²) in [6.45, 7) is 1.56. The van der Waals surface area contributed by atoms with Crippen molar-refractivity contribution in [2.75, 3.05) is 18.9 Å². The minimum absolute atomic E-state index is 0.0388. The van der Waals surface area contributed by atoms with E-state index in [-0.39, 0.29) is 42.7 Å². The fourth-order valence-corrected chi connectivity index (χ4v) is 5.27. The Kier molecular flexibility index (Phi) is 6.42. The van der Waals surface area contributed by atoms with Crippen LogP contribution >= 0.6 is 0 Å². The van der Waals surface area contributed by atoms with Crippen molar-refractivity contribution in [2.24, 2.45) is 7.05 Å². The van der Waals surface area contributed by atoms with Gasteiger partial charge < -0.3 is 14.6 Å². The van der Waals surface area contributed by atoms with Crippen molar-refractivity contribution in [1.29, 1.82) is 0 Å². The first-order valence-corrected chi connectivity index (χ1v) is 12.9. The van der Waals surface area contributed by atoms with Gasteiger partial charge in [-0.2, -0.15) is 5.10 Å². The van der Waals surface area contributed by atoms with Crippen LogP contribution in [0.25, 0.3) is 11.3 Å². The van der Waals surface area contributed by atoms with E-state index in [1.807, 2.05) is 25.4 Å². The van der Waals surface area contributed by atoms with Crippen LogP contribution in [-0.4, -0.2) is 60.1 Å². The van der Waals surface area contributed by atoms with Crippen molar-refractivity contribution in [1.82, 2.24) is 34.8 Å². The lowest BCUT2D eigenvalue weighted by Crippen LogP contribution is -2.33. The lowest BCUT2D eigenvalue weighted by Gasteiger charge is -2.32. The van der Waals surface area contributed by atoms with Gasteiger partial charge in [-0.3, -0.25) is 9.48 Å². The highest BCUT2D eigenvalue weighted by Crippen LogP contribution is 2.47. The van der Waals surface area contributed by atoms with Gasteiger partial charge in [0.25, 0.3) is 5.89 Å². The molecule has 0 bridgehead atoms. The number of hydrogen-bond acceptors (Lipinski definition) is 9. The molecule has 0 amide bonds. The third-order valence-corrected chi connectivity index (χ3v) is 7.34. The Hall–Kier alpha value is -4.06. The molecule has 1 aliphatic carbocycles. The van der Waals surface area contributed by atoms with E-state index < -0.39 is 11.8 Å². The summed E-state index contributed by atoms with van der Waals surface area (Å²) in [6.07, 6.45) is 5.62. The normalized spacial score (nSPS) is 19.2. The molecule has 0 saturated heterocycles. The Morgan fingerprint density at radius 3 is 2.82 bits per heavy atom. The number of hydrogen-bond donors (Lipinski definition) is 1. The minimum atomic E-state index is -2.69. The second kappa shape index (κ2) is 9.92. The highest BCUT2D eigenvalue weighted by Gasteiger charge is 2.48. The zero-order valence-corrected chi connectivity index (χ0v) is 21.6. The second-order valence-electron chi connectivity index (χ2n) is 10.5. The van der Waals surface area contributed by atoms with Crippen molar-refractivity contribution in [2.45, 2.75) is 50.0 Å². The molecule has 4 aromatic rings. The average molecular weight is 535 g/mol. The van der Waals surface area contributed by atoms with Gasteiger partial charge in [-0.25, -0.2) is 18.7 Å². The summed E-state index contributed by atoms with van der Waals surface area (Å²) in [5, 5.41) is 15.1. The van der Waals surface area contributed by atoms with Crippen LogP contribution in [0.2, 0.25) is 0 Å². The summed E-state index contributed by atoms with van der Waals surface area (Å²) < 4.78 is 33.7. The average Bonchev–Trinajstić information content (AvgIpc) is 3.51. The molecule has 1 atom stereocenters. The third kappa shape index (κ3) is 5.42. The van der Waals surface area contributed by atoms with E-state index in [0.29, 0.717) is 5.95 Å². The monoisotopic (exact) mass is 534 g/mol. The molecule has 2 aliphatic rings. The number of alkyl halides is 2. The number of ketones is 1. The molecule has 1 N–H and O–H groups in total. The number of nitrogens with one attached hydrogen (secondary N) is 1. The molecule has 10 nitrogen and oxygen atoms in total. The van der Waals surface area contributed by atoms with Gasteiger partial charge in [0.1, 0.15) is 0 Å². The van der Waals surface area contributed by atoms with Crippen molar-refractivity contribution in [3.63, 3.8) is 0 Å². The number of aryl methyl sites for hydroxylation is 1. The predicted molar refractivity (Wildman–Crippen MR) is 138 cm³/mol. The van der Waals surface area contributed by atoms with Gasteiger partial charge in [-0.05, 0) is 49.2 Å². The smallest absolute Gasteiger partial charge is 0.284 e. The molecular weight excluding hydrogens is 506 g/mol. The summed E-state index contributed by atoms with van der Waals surface area (Å²) in [7, 11) is 3.90. The van der Waals surface area contributed by atoms with Gasteiger partial charge in [0.05, 0.1) is 17.6 Å². The lowest BCUT2D eigenvalue weighted by atomic mass is 9.81. The Balaban J connectivity index is 1.20. The standard InChI is InChI=1S/C27H28F2N8O2/c1-36-8-6-16(10-23(38)25-35-34-24(39-25)19-11-27(28,29)12-19)21-4-3-17(9-18(21)14-36)22-5-7-30-26(33-22)32-20-13-31-37(2)15-20/h3-5,7,9,13,15-16,19H,6,8,10-12,14H2,1-2H3,(H,30,32,33). The Labute approximate surface area is 223 Å². The van der Waals surface area contributed by atoms with Crippen LogP contribution in [0.4, 0.5) is 20.4 Å². The number of carbonyl (C=O) groups is 1. The van der Waals surface area contributed by atoms with E-state index in [4.69, 9.17) is 4.42 Å². The van der Waals surface area contributed by atoms with Gasteiger partial charge in [0, 0.05) is 56.7 Å². The molecule has 1 fully saturated rings. The SMILES string of the molecule is CN1CCC(CC(=O)c2nnc(C3CC(F)(F)C3)o2)c2ccc(-c3ccnc(Nc4cnn(C)c4)n3)cc2C1. The topological polar surface area (TPSA) is 115 Å². The van der Waals surface area contributed by atoms with Crippen LogP contribution in [0.3, 0.4) is 0 Å². The number of carbonyl (C=O) groups excluding carboxylic acids is 1. The minimum Gasteiger partial charge on any atom is -0.418 e. The molecular formula is C27H28F2N8O2. The first kappa shape index (κ1) is 25.2. The lowest BCUT2D eigenvalue weighted by molar-refractivity contribution is -0.0918. The van der Waals surface area contributed by atoms with Crippen molar-refractivity contribution >= 4 is 17.4 Å². The van der Waals surface area contributed by atoms with Gasteiger partial charge in [0.15, 0.2) is 0 Å². The number of aromatic nitrogens is 6. The second-order valence-corrected chi connectivity index (χ2v) is 10.5. The van der Waals surface area contributed by atoms with Crippen molar-refractivity contribution in [3.05, 3.63) is 65.8 Å². The fraction of sp³-hybridized carbons (Fsp3) is 0.407. The predicted octanol–water partition coefficient (Wildman–Crippen LogP) is 4.71. The van der Waals surface area contributed by atoms with Gasteiger partial charge in [0.2, 0.25) is 23.5 Å². The molecule has 1 saturated carbocycles. The van der Waals surface area contributed by atoms with Crippen molar-refractivity contribution in [3.8, 4) is 11.3 Å². The quantitative estimate of drug-likeness (QED) is 0.337. The van der Waals surface area contributed by atoms with Crippen molar-refractivity contribution < 1.29 is 18.0 Å². The number of fused-ring (bicyclic) bond motifs is 1. The molecule has 1 aromatic carbocycles. The molecule has 202 valence electrons. The van der Waals surface area contributed by atoms with E-state index in [9.17, 15) is 13.6 Å². The van der Waals surface area contributed by atoms with Gasteiger partial charge >= 0.3 is 0 Å². The van der Waals surface area contributed by atoms with Gasteiger partial charge in [-0.15, -0.1) is 10.2 Å². The Morgan fingerprint density at radius 1 is 1.21 bits per heavy atom. The van der Waals surface area contributed by atoms with E-state index in [2.05, 4.69) is 54.7 Å². The summed E-state index contributed by atoms with van der Waals surface area (Å²) in [5.74, 6) is -3.00. The van der Waals surface area contributed by atoms with Crippen LogP contribution in [-0.2, 0) is 13.6 Å². The molecule has 0 spiro atoms. The molecule has 0 radical (unpaired) electrons. The highest BCUT2D eigenvalue weighted by molar-refractivity contribution is 5.92. The molecule has 39 heavy (non-hydrogen) atoms. The molecule has 12 heteroatoms. The maximum Gasteiger partial charge on any atom is 0.284 e. The van der Waals surface area contributed by atoms with E-state index in [0.717, 1.165) is 47.6 Å². The third-order valence-electron chi connectivity index (χ3n) is 7.34. The largest absolute Gasteiger partial charge is 0.418 e. The van der Waals surface area contributed by atoms with Crippen LogP contribution < -0.4 is 5.32 Å². The van der Waals surface area contributed by atoms with Crippen LogP contribution in [0.15, 0.2) is 47.3 Å². The maximum atomic E-state index is 13.2. The molecule has 6 rings (SSSR count). The summed E-state index contributed by atoms with van der Waals surface area (Å²) in [6, 6.07) is 8.06. The van der Waals surface area contributed by atoms with E-state index >= 15 is 0 Å². The number of Topliss-reactive ketones (excluding diaryl/α,β-unsaturated/α-hetero) is 1. The molecule has 3 aromatic heterocycles. The number of nitrogens with zero attached hydrogens (tertiary/aromatic N) is 7. The summed E-state index contributed by atoms with van der Waals surface area (Å²) >= 11 is 0. The van der Waals surface area contributed by atoms with Gasteiger partial charge in [-0.1, -0.05) is 12.1 Å². The highest BCUT2D eigenvalue weighted by atomic mass is 19.3. The number of benzene rings is 1. The first-order chi connectivity index (χ1) is 18.7. The number of rotatable bonds is 7. The van der Waals surface area contributed by atoms with E-state index in [1.165, 1.54) is 0 Å². The zero-order valence-electron chi connectivity index (χ0n) is 21.6. The number of anilines is 2. The van der Waals surface area contributed by atoms with Crippen LogP contribution in [0.1, 0.15) is 65.2 Å². The molecule has 1 aliphatic heterocycles. The Morgan fingerprint density at radius 2 is 2.05 bits per heavy atom. The Bertz CT molecular complexity index is 1510.